The summed E-state index contributed by atoms with van der Waals surface area (Å²) in [6.07, 6.45) is -0.697. The molecule has 0 bridgehead atoms. The number of hydrogen-bond acceptors (Lipinski definition) is 6. The molecule has 0 saturated carbocycles. The van der Waals surface area contributed by atoms with Gasteiger partial charge in [-0.05, 0) is 12.1 Å². The van der Waals surface area contributed by atoms with Crippen LogP contribution in [0.25, 0.3) is 0 Å². The number of aliphatic carboxylic acids is 1. The molecule has 2 aliphatic rings. The van der Waals surface area contributed by atoms with Crippen LogP contribution in [0.5, 0.6) is 0 Å². The average Bonchev–Trinajstić information content (AvgIpc) is 2.59. The number of benzene rings is 1. The Morgan fingerprint density at radius 2 is 2.08 bits per heavy atom. The summed E-state index contributed by atoms with van der Waals surface area (Å²) in [5.74, 6) is -1.33. The van der Waals surface area contributed by atoms with Crippen LogP contribution in [0.3, 0.4) is 0 Å². The van der Waals surface area contributed by atoms with E-state index in [-0.39, 0.29) is 17.7 Å². The molecule has 9 heteroatoms. The summed E-state index contributed by atoms with van der Waals surface area (Å²) in [5, 5.41) is 11.5. The van der Waals surface area contributed by atoms with Crippen molar-refractivity contribution in [3.63, 3.8) is 0 Å². The Kier molecular flexibility index (Phi) is 4.45. The molecule has 2 atom stereocenters. The lowest BCUT2D eigenvalue weighted by atomic mass is 10.0. The molecule has 126 valence electrons. The number of carbonyl (C=O) groups is 3. The van der Waals surface area contributed by atoms with Gasteiger partial charge in [-0.25, -0.2) is 9.59 Å². The third-order valence-electron chi connectivity index (χ3n) is 3.69. The number of β-lactam (4-membered cyclic amide) rings is 1. The van der Waals surface area contributed by atoms with Crippen molar-refractivity contribution in [2.24, 2.45) is 5.73 Å². The lowest BCUT2D eigenvalue weighted by molar-refractivity contribution is -0.148. The van der Waals surface area contributed by atoms with E-state index in [1.54, 1.807) is 24.3 Å². The Hall–Kier alpha value is -2.52. The van der Waals surface area contributed by atoms with Crippen molar-refractivity contribution in [3.05, 3.63) is 41.6 Å². The number of nitrogens with two attached hydrogens (primary N) is 1. The normalized spacial score (nSPS) is 22.5. The number of nitrogens with one attached hydrogen (secondary N) is 1. The van der Waals surface area contributed by atoms with Crippen LogP contribution < -0.4 is 11.1 Å². The van der Waals surface area contributed by atoms with E-state index >= 15 is 0 Å². The Morgan fingerprint density at radius 1 is 1.38 bits per heavy atom. The molecular formula is C15H15N3O5S. The van der Waals surface area contributed by atoms with E-state index in [2.05, 4.69) is 5.32 Å². The lowest BCUT2D eigenvalue weighted by Gasteiger charge is -2.47. The monoisotopic (exact) mass is 349 g/mol. The van der Waals surface area contributed by atoms with Crippen LogP contribution in [0.2, 0.25) is 0 Å². The highest BCUT2D eigenvalue weighted by Crippen LogP contribution is 2.39. The standard InChI is InChI=1S/C15H15N3O5S/c16-10-12(19)18-11(14(20)21)8(7-24-13(10)18)6-23-15(22)17-9-4-2-1-3-5-9/h1-5,10,13H,6-7,16H2,(H,17,22)(H,20,21)/t10?,13-/m0/s1. The molecule has 1 fully saturated rings. The Labute approximate surface area is 141 Å². The van der Waals surface area contributed by atoms with Gasteiger partial charge >= 0.3 is 12.1 Å². The summed E-state index contributed by atoms with van der Waals surface area (Å²) in [7, 11) is 0. The first-order valence-electron chi connectivity index (χ1n) is 7.13. The Morgan fingerprint density at radius 3 is 2.75 bits per heavy atom. The number of carboxylic acids is 1. The fourth-order valence-electron chi connectivity index (χ4n) is 2.52. The van der Waals surface area contributed by atoms with Crippen LogP contribution in [0.15, 0.2) is 41.6 Å². The van der Waals surface area contributed by atoms with Gasteiger partial charge in [0.25, 0.3) is 0 Å². The van der Waals surface area contributed by atoms with Crippen molar-refractivity contribution in [2.75, 3.05) is 17.7 Å². The minimum atomic E-state index is -1.23. The molecule has 24 heavy (non-hydrogen) atoms. The van der Waals surface area contributed by atoms with E-state index in [9.17, 15) is 19.5 Å². The number of rotatable bonds is 4. The van der Waals surface area contributed by atoms with Crippen molar-refractivity contribution in [1.82, 2.24) is 4.90 Å². The molecule has 0 aliphatic carbocycles. The summed E-state index contributed by atoms with van der Waals surface area (Å²) in [6, 6.07) is 8.04. The van der Waals surface area contributed by atoms with E-state index in [1.807, 2.05) is 6.07 Å². The number of carbonyl (C=O) groups excluding carboxylic acids is 2. The first-order valence-corrected chi connectivity index (χ1v) is 8.18. The van der Waals surface area contributed by atoms with Gasteiger partial charge in [0.2, 0.25) is 5.91 Å². The highest BCUT2D eigenvalue weighted by Gasteiger charge is 2.51. The van der Waals surface area contributed by atoms with Crippen LogP contribution in [-0.2, 0) is 14.3 Å². The third kappa shape index (κ3) is 2.95. The number of fused-ring (bicyclic) bond motifs is 1. The number of ether oxygens (including phenoxy) is 1. The zero-order valence-electron chi connectivity index (χ0n) is 12.5. The number of amides is 2. The van der Waals surface area contributed by atoms with Crippen molar-refractivity contribution in [3.8, 4) is 0 Å². The SMILES string of the molecule is NC1C(=O)N2C(C(=O)O)=C(COC(=O)Nc3ccccc3)CS[C@@H]12. The van der Waals surface area contributed by atoms with Crippen molar-refractivity contribution in [2.45, 2.75) is 11.4 Å². The molecule has 1 aromatic rings. The molecule has 0 spiro atoms. The zero-order chi connectivity index (χ0) is 17.3. The molecule has 3 rings (SSSR count). The van der Waals surface area contributed by atoms with Crippen molar-refractivity contribution < 1.29 is 24.2 Å². The second-order valence-electron chi connectivity index (χ2n) is 5.26. The summed E-state index contributed by atoms with van der Waals surface area (Å²) in [4.78, 5) is 36.2. The van der Waals surface area contributed by atoms with Crippen molar-refractivity contribution in [1.29, 1.82) is 0 Å². The van der Waals surface area contributed by atoms with E-state index in [0.29, 0.717) is 17.0 Å². The molecule has 2 aliphatic heterocycles. The predicted octanol–water partition coefficient (Wildman–Crippen LogP) is 0.816. The van der Waals surface area contributed by atoms with Gasteiger partial charge in [-0.2, -0.15) is 0 Å². The van der Waals surface area contributed by atoms with E-state index in [1.165, 1.54) is 11.8 Å². The highest BCUT2D eigenvalue weighted by atomic mass is 32.2. The van der Waals surface area contributed by atoms with E-state index in [0.717, 1.165) is 4.90 Å². The van der Waals surface area contributed by atoms with Gasteiger partial charge in [0, 0.05) is 17.0 Å². The minimum absolute atomic E-state index is 0.141. The molecule has 4 N–H and O–H groups in total. The van der Waals surface area contributed by atoms with Gasteiger partial charge in [-0.15, -0.1) is 11.8 Å². The van der Waals surface area contributed by atoms with Gasteiger partial charge in [0.1, 0.15) is 23.7 Å². The largest absolute Gasteiger partial charge is 0.477 e. The molecule has 1 unspecified atom stereocenters. The third-order valence-corrected chi connectivity index (χ3v) is 5.05. The van der Waals surface area contributed by atoms with Crippen LogP contribution in [0.4, 0.5) is 10.5 Å². The van der Waals surface area contributed by atoms with Crippen LogP contribution >= 0.6 is 11.8 Å². The predicted molar refractivity (Wildman–Crippen MR) is 87.1 cm³/mol. The van der Waals surface area contributed by atoms with Gasteiger partial charge in [-0.3, -0.25) is 15.0 Å². The van der Waals surface area contributed by atoms with Crippen molar-refractivity contribution >= 4 is 35.4 Å². The number of para-hydroxylation sites is 1. The number of anilines is 1. The maximum Gasteiger partial charge on any atom is 0.411 e. The van der Waals surface area contributed by atoms with Gasteiger partial charge < -0.3 is 15.6 Å². The summed E-state index contributed by atoms with van der Waals surface area (Å²) >= 11 is 1.36. The first kappa shape index (κ1) is 16.3. The second-order valence-corrected chi connectivity index (χ2v) is 6.37. The molecule has 8 nitrogen and oxygen atoms in total. The summed E-state index contributed by atoms with van der Waals surface area (Å²) in [6.45, 7) is -0.209. The molecule has 2 amide bonds. The molecule has 1 aromatic carbocycles. The summed E-state index contributed by atoms with van der Waals surface area (Å²) < 4.78 is 5.08. The van der Waals surface area contributed by atoms with Crippen LogP contribution in [0, 0.1) is 0 Å². The minimum Gasteiger partial charge on any atom is -0.477 e. The molecular weight excluding hydrogens is 334 g/mol. The quantitative estimate of drug-likeness (QED) is 0.688. The maximum absolute atomic E-state index is 11.8. The smallest absolute Gasteiger partial charge is 0.411 e. The summed E-state index contributed by atoms with van der Waals surface area (Å²) in [5.41, 5.74) is 6.46. The lowest BCUT2D eigenvalue weighted by Crippen LogP contribution is -2.68. The maximum atomic E-state index is 11.8. The number of carboxylic acid groups (broad SMARTS) is 1. The fourth-order valence-corrected chi connectivity index (χ4v) is 3.79. The number of thioether (sulfide) groups is 1. The number of hydrogen-bond donors (Lipinski definition) is 3. The zero-order valence-corrected chi connectivity index (χ0v) is 13.3. The van der Waals surface area contributed by atoms with Gasteiger partial charge in [0.05, 0.1) is 0 Å². The Balaban J connectivity index is 1.68. The van der Waals surface area contributed by atoms with E-state index < -0.39 is 24.0 Å². The first-order chi connectivity index (χ1) is 11.5. The Bertz CT molecular complexity index is 721. The topological polar surface area (TPSA) is 122 Å². The van der Waals surface area contributed by atoms with Gasteiger partial charge in [0.15, 0.2) is 0 Å². The average molecular weight is 349 g/mol. The highest BCUT2D eigenvalue weighted by molar-refractivity contribution is 8.00. The molecule has 0 radical (unpaired) electrons. The second kappa shape index (κ2) is 6.54. The van der Waals surface area contributed by atoms with Crippen LogP contribution in [0.1, 0.15) is 0 Å². The fraction of sp³-hybridized carbons (Fsp3) is 0.267. The molecule has 2 heterocycles. The van der Waals surface area contributed by atoms with Gasteiger partial charge in [-0.1, -0.05) is 18.2 Å². The molecule has 0 aromatic heterocycles. The van der Waals surface area contributed by atoms with Crippen LogP contribution in [-0.4, -0.2) is 51.8 Å². The van der Waals surface area contributed by atoms with E-state index in [4.69, 9.17) is 10.5 Å². The number of nitrogens with zero attached hydrogens (tertiary/aromatic N) is 1. The molecule has 1 saturated heterocycles.